The maximum Gasteiger partial charge on any atom is 0.417 e. The van der Waals surface area contributed by atoms with Gasteiger partial charge in [-0.15, -0.1) is 0 Å². The van der Waals surface area contributed by atoms with E-state index in [-0.39, 0.29) is 0 Å². The lowest BCUT2D eigenvalue weighted by atomic mass is 10.1. The molecule has 0 saturated carbocycles. The molecule has 0 saturated heterocycles. The van der Waals surface area contributed by atoms with Crippen molar-refractivity contribution in [1.29, 1.82) is 0 Å². The summed E-state index contributed by atoms with van der Waals surface area (Å²) in [5, 5.41) is 2.59. The zero-order valence-electron chi connectivity index (χ0n) is 13.3. The molecule has 0 aliphatic carbocycles. The molecule has 2 rings (SSSR count). The second-order valence-corrected chi connectivity index (χ2v) is 5.91. The third-order valence-corrected chi connectivity index (χ3v) is 2.72. The highest BCUT2D eigenvalue weighted by atomic mass is 16.6. The molecule has 0 bridgehead atoms. The van der Waals surface area contributed by atoms with Gasteiger partial charge in [-0.1, -0.05) is 18.2 Å². The third kappa shape index (κ3) is 5.47. The zero-order valence-corrected chi connectivity index (χ0v) is 13.3. The van der Waals surface area contributed by atoms with Crippen LogP contribution in [0.2, 0.25) is 0 Å². The fourth-order valence-electron chi connectivity index (χ4n) is 1.77. The number of amides is 1. The van der Waals surface area contributed by atoms with E-state index in [1.165, 1.54) is 0 Å². The van der Waals surface area contributed by atoms with Gasteiger partial charge in [-0.05, 0) is 57.2 Å². The fraction of sp³-hybridized carbons (Fsp3) is 0.222. The number of anilines is 1. The highest BCUT2D eigenvalue weighted by molar-refractivity contribution is 5.91. The molecule has 0 aromatic heterocycles. The number of nitrogens with one attached hydrogen (secondary N) is 1. The van der Waals surface area contributed by atoms with Crippen LogP contribution in [-0.2, 0) is 4.74 Å². The molecule has 0 radical (unpaired) electrons. The summed E-state index contributed by atoms with van der Waals surface area (Å²) < 4.78 is 10.4. The summed E-state index contributed by atoms with van der Waals surface area (Å²) in [5.74, 6) is 0.0475. The Morgan fingerprint density at radius 2 is 1.52 bits per heavy atom. The second kappa shape index (κ2) is 6.96. The lowest BCUT2D eigenvalue weighted by molar-refractivity contribution is 0.00695. The molecule has 0 fully saturated rings. The van der Waals surface area contributed by atoms with E-state index in [2.05, 4.69) is 5.32 Å². The molecule has 0 unspecified atom stereocenters. The molecule has 5 nitrogen and oxygen atoms in total. The molecular formula is C18H19NO4. The van der Waals surface area contributed by atoms with Gasteiger partial charge in [0.1, 0.15) is 11.4 Å². The number of hydrogen-bond donors (Lipinski definition) is 1. The van der Waals surface area contributed by atoms with Crippen molar-refractivity contribution in [3.8, 4) is 5.75 Å². The van der Waals surface area contributed by atoms with Gasteiger partial charge in [0, 0.05) is 5.69 Å². The monoisotopic (exact) mass is 313 g/mol. The summed E-state index contributed by atoms with van der Waals surface area (Å²) in [6.45, 7) is 5.42. The van der Waals surface area contributed by atoms with Crippen LogP contribution in [0.15, 0.2) is 54.6 Å². The van der Waals surface area contributed by atoms with Crippen molar-refractivity contribution < 1.29 is 19.1 Å². The van der Waals surface area contributed by atoms with Crippen LogP contribution < -0.4 is 10.1 Å². The first-order valence-corrected chi connectivity index (χ1v) is 7.21. The Hall–Kier alpha value is -2.82. The van der Waals surface area contributed by atoms with Crippen LogP contribution >= 0.6 is 0 Å². The van der Waals surface area contributed by atoms with Gasteiger partial charge < -0.3 is 9.47 Å². The van der Waals surface area contributed by atoms with E-state index < -0.39 is 17.7 Å². The summed E-state index contributed by atoms with van der Waals surface area (Å²) in [4.78, 5) is 23.7. The van der Waals surface area contributed by atoms with E-state index in [1.807, 2.05) is 6.07 Å². The Bertz CT molecular complexity index is 672. The summed E-state index contributed by atoms with van der Waals surface area (Å²) >= 11 is 0. The van der Waals surface area contributed by atoms with E-state index in [4.69, 9.17) is 9.47 Å². The Kier molecular flexibility index (Phi) is 5.01. The molecular weight excluding hydrogens is 294 g/mol. The Balaban J connectivity index is 1.94. The number of carbonyl (C=O) groups is 2. The van der Waals surface area contributed by atoms with Gasteiger partial charge in [0.15, 0.2) is 0 Å². The quantitative estimate of drug-likeness (QED) is 0.860. The van der Waals surface area contributed by atoms with Crippen molar-refractivity contribution in [2.24, 2.45) is 0 Å². The first-order valence-electron chi connectivity index (χ1n) is 7.21. The van der Waals surface area contributed by atoms with Crippen LogP contribution in [0.4, 0.5) is 10.5 Å². The minimum atomic E-state index is -0.596. The van der Waals surface area contributed by atoms with Gasteiger partial charge in [0.25, 0.3) is 0 Å². The maximum absolute atomic E-state index is 11.9. The standard InChI is InChI=1S/C18H19NO4/c1-18(2,3)23-16(20)13-9-11-14(12-10-13)19-17(21)22-15-7-5-4-6-8-15/h4-12H,1-3H3,(H,19,21). The van der Waals surface area contributed by atoms with Gasteiger partial charge in [0.2, 0.25) is 0 Å². The number of rotatable bonds is 3. The number of ether oxygens (including phenoxy) is 2. The molecule has 0 heterocycles. The Morgan fingerprint density at radius 1 is 0.913 bits per heavy atom. The minimum Gasteiger partial charge on any atom is -0.456 e. The molecule has 0 aliphatic rings. The smallest absolute Gasteiger partial charge is 0.417 e. The van der Waals surface area contributed by atoms with Crippen molar-refractivity contribution in [3.05, 3.63) is 60.2 Å². The molecule has 0 spiro atoms. The molecule has 2 aromatic carbocycles. The number of carbonyl (C=O) groups excluding carboxylic acids is 2. The van der Waals surface area contributed by atoms with Gasteiger partial charge in [-0.25, -0.2) is 9.59 Å². The first kappa shape index (κ1) is 16.5. The van der Waals surface area contributed by atoms with Crippen LogP contribution in [-0.4, -0.2) is 17.7 Å². The van der Waals surface area contributed by atoms with E-state index in [9.17, 15) is 9.59 Å². The molecule has 1 N–H and O–H groups in total. The number of benzene rings is 2. The molecule has 5 heteroatoms. The van der Waals surface area contributed by atoms with Crippen molar-refractivity contribution >= 4 is 17.7 Å². The van der Waals surface area contributed by atoms with E-state index in [0.717, 1.165) is 0 Å². The van der Waals surface area contributed by atoms with Crippen LogP contribution in [0, 0.1) is 0 Å². The minimum absolute atomic E-state index is 0.407. The Labute approximate surface area is 135 Å². The van der Waals surface area contributed by atoms with Crippen molar-refractivity contribution in [2.45, 2.75) is 26.4 Å². The normalized spacial score (nSPS) is 10.7. The predicted octanol–water partition coefficient (Wildman–Crippen LogP) is 4.25. The van der Waals surface area contributed by atoms with Crippen LogP contribution in [0.3, 0.4) is 0 Å². The molecule has 120 valence electrons. The number of hydrogen-bond acceptors (Lipinski definition) is 4. The van der Waals surface area contributed by atoms with Gasteiger partial charge >= 0.3 is 12.1 Å². The largest absolute Gasteiger partial charge is 0.456 e. The fourth-order valence-corrected chi connectivity index (χ4v) is 1.77. The average molecular weight is 313 g/mol. The third-order valence-electron chi connectivity index (χ3n) is 2.72. The number of esters is 1. The summed E-state index contributed by atoms with van der Waals surface area (Å²) in [6, 6.07) is 15.2. The molecule has 23 heavy (non-hydrogen) atoms. The average Bonchev–Trinajstić information content (AvgIpc) is 2.47. The summed E-state index contributed by atoms with van der Waals surface area (Å²) in [7, 11) is 0. The van der Waals surface area contributed by atoms with Gasteiger partial charge in [0.05, 0.1) is 5.56 Å². The molecule has 0 aliphatic heterocycles. The van der Waals surface area contributed by atoms with Crippen LogP contribution in [0.25, 0.3) is 0 Å². The topological polar surface area (TPSA) is 64.6 Å². The van der Waals surface area contributed by atoms with Crippen molar-refractivity contribution in [1.82, 2.24) is 0 Å². The van der Waals surface area contributed by atoms with E-state index in [0.29, 0.717) is 17.0 Å². The van der Waals surface area contributed by atoms with Gasteiger partial charge in [-0.3, -0.25) is 5.32 Å². The lowest BCUT2D eigenvalue weighted by Crippen LogP contribution is -2.23. The molecule has 1 amide bonds. The highest BCUT2D eigenvalue weighted by Crippen LogP contribution is 2.15. The molecule has 2 aromatic rings. The van der Waals surface area contributed by atoms with Crippen molar-refractivity contribution in [2.75, 3.05) is 5.32 Å². The maximum atomic E-state index is 11.9. The second-order valence-electron chi connectivity index (χ2n) is 5.91. The predicted molar refractivity (Wildman–Crippen MR) is 87.7 cm³/mol. The summed E-state index contributed by atoms with van der Waals surface area (Å²) in [6.07, 6.45) is -0.596. The Morgan fingerprint density at radius 3 is 2.09 bits per heavy atom. The first-order chi connectivity index (χ1) is 10.8. The van der Waals surface area contributed by atoms with Crippen molar-refractivity contribution in [3.63, 3.8) is 0 Å². The van der Waals surface area contributed by atoms with E-state index >= 15 is 0 Å². The van der Waals surface area contributed by atoms with Gasteiger partial charge in [-0.2, -0.15) is 0 Å². The zero-order chi connectivity index (χ0) is 16.9. The van der Waals surface area contributed by atoms with Crippen LogP contribution in [0.1, 0.15) is 31.1 Å². The lowest BCUT2D eigenvalue weighted by Gasteiger charge is -2.19. The van der Waals surface area contributed by atoms with E-state index in [1.54, 1.807) is 69.3 Å². The summed E-state index contributed by atoms with van der Waals surface area (Å²) in [5.41, 5.74) is 0.396. The van der Waals surface area contributed by atoms with Crippen LogP contribution in [0.5, 0.6) is 5.75 Å². The SMILES string of the molecule is CC(C)(C)OC(=O)c1ccc(NC(=O)Oc2ccccc2)cc1. The number of para-hydroxylation sites is 1. The highest BCUT2D eigenvalue weighted by Gasteiger charge is 2.17. The molecule has 0 atom stereocenters.